The van der Waals surface area contributed by atoms with Gasteiger partial charge >= 0.3 is 5.97 Å². The van der Waals surface area contributed by atoms with Gasteiger partial charge in [-0.15, -0.1) is 0 Å². The maximum atomic E-state index is 12.8. The fourth-order valence-electron chi connectivity index (χ4n) is 1.51. The number of rotatable bonds is 4. The molecule has 0 fully saturated rings. The van der Waals surface area contributed by atoms with Crippen LogP contribution in [0.25, 0.3) is 0 Å². The van der Waals surface area contributed by atoms with Gasteiger partial charge in [-0.25, -0.2) is 4.39 Å². The fraction of sp³-hybridized carbons (Fsp3) is 0.417. The first-order valence-electron chi connectivity index (χ1n) is 5.03. The van der Waals surface area contributed by atoms with Crippen molar-refractivity contribution in [3.8, 4) is 0 Å². The van der Waals surface area contributed by atoms with Crippen molar-refractivity contribution in [3.05, 3.63) is 35.6 Å². The molecule has 0 spiro atoms. The van der Waals surface area contributed by atoms with Gasteiger partial charge in [0.25, 0.3) is 0 Å². The lowest BCUT2D eigenvalue weighted by molar-refractivity contribution is -0.142. The molecule has 0 aliphatic carbocycles. The van der Waals surface area contributed by atoms with Crippen molar-refractivity contribution in [2.24, 2.45) is 0 Å². The van der Waals surface area contributed by atoms with Gasteiger partial charge in [0.1, 0.15) is 5.82 Å². The van der Waals surface area contributed by atoms with E-state index in [9.17, 15) is 9.18 Å². The van der Waals surface area contributed by atoms with Gasteiger partial charge in [-0.3, -0.25) is 4.79 Å². The van der Waals surface area contributed by atoms with Crippen molar-refractivity contribution in [2.75, 3.05) is 14.2 Å². The minimum Gasteiger partial charge on any atom is -0.469 e. The second kappa shape index (κ2) is 5.07. The van der Waals surface area contributed by atoms with Crippen molar-refractivity contribution in [1.82, 2.24) is 5.32 Å². The summed E-state index contributed by atoms with van der Waals surface area (Å²) in [6.45, 7) is 1.87. The van der Waals surface area contributed by atoms with Crippen molar-refractivity contribution in [1.29, 1.82) is 0 Å². The Balaban J connectivity index is 2.95. The van der Waals surface area contributed by atoms with E-state index in [0.29, 0.717) is 0 Å². The van der Waals surface area contributed by atoms with E-state index in [1.807, 2.05) is 6.92 Å². The van der Waals surface area contributed by atoms with E-state index in [1.165, 1.54) is 19.2 Å². The average Bonchev–Trinajstić information content (AvgIpc) is 2.29. The highest BCUT2D eigenvalue weighted by Gasteiger charge is 2.28. The van der Waals surface area contributed by atoms with Crippen LogP contribution in [0.4, 0.5) is 4.39 Å². The summed E-state index contributed by atoms with van der Waals surface area (Å²) >= 11 is 0. The molecule has 1 N–H and O–H groups in total. The molecule has 1 aromatic rings. The van der Waals surface area contributed by atoms with Crippen LogP contribution in [0.1, 0.15) is 18.9 Å². The standard InChI is InChI=1S/C12H16FNO2/c1-12(14-2,8-11(15)16-3)9-4-6-10(13)7-5-9/h4-7,14H,8H2,1-3H3. The first-order chi connectivity index (χ1) is 7.51. The molecule has 1 aromatic carbocycles. The molecular formula is C12H16FNO2. The predicted molar refractivity (Wildman–Crippen MR) is 59.4 cm³/mol. The second-order valence-electron chi connectivity index (χ2n) is 3.84. The van der Waals surface area contributed by atoms with Crippen LogP contribution in [-0.2, 0) is 15.1 Å². The summed E-state index contributed by atoms with van der Waals surface area (Å²) < 4.78 is 17.4. The molecule has 0 amide bonds. The zero-order valence-electron chi connectivity index (χ0n) is 9.71. The van der Waals surface area contributed by atoms with Gasteiger partial charge in [-0.2, -0.15) is 0 Å². The number of carbonyl (C=O) groups excluding carboxylic acids is 1. The maximum Gasteiger partial charge on any atom is 0.307 e. The van der Waals surface area contributed by atoms with Crippen LogP contribution < -0.4 is 5.32 Å². The molecule has 0 aromatic heterocycles. The van der Waals surface area contributed by atoms with Crippen LogP contribution in [0, 0.1) is 5.82 Å². The molecule has 16 heavy (non-hydrogen) atoms. The smallest absolute Gasteiger partial charge is 0.307 e. The Labute approximate surface area is 94.6 Å². The highest BCUT2D eigenvalue weighted by atomic mass is 19.1. The largest absolute Gasteiger partial charge is 0.469 e. The van der Waals surface area contributed by atoms with E-state index in [0.717, 1.165) is 5.56 Å². The third-order valence-electron chi connectivity index (χ3n) is 2.76. The molecule has 4 heteroatoms. The normalized spacial score (nSPS) is 14.2. The Morgan fingerprint density at radius 2 is 2.00 bits per heavy atom. The van der Waals surface area contributed by atoms with Crippen molar-refractivity contribution >= 4 is 5.97 Å². The minimum atomic E-state index is -0.541. The first-order valence-corrected chi connectivity index (χ1v) is 5.03. The summed E-state index contributed by atoms with van der Waals surface area (Å²) in [6.07, 6.45) is 0.200. The molecule has 0 bridgehead atoms. The van der Waals surface area contributed by atoms with Crippen LogP contribution in [0.15, 0.2) is 24.3 Å². The zero-order chi connectivity index (χ0) is 12.2. The van der Waals surface area contributed by atoms with Crippen LogP contribution >= 0.6 is 0 Å². The molecule has 0 heterocycles. The Morgan fingerprint density at radius 3 is 2.44 bits per heavy atom. The molecule has 0 saturated heterocycles. The Hall–Kier alpha value is -1.42. The molecule has 1 unspecified atom stereocenters. The van der Waals surface area contributed by atoms with Crippen LogP contribution in [0.2, 0.25) is 0 Å². The van der Waals surface area contributed by atoms with E-state index in [-0.39, 0.29) is 18.2 Å². The molecule has 1 atom stereocenters. The average molecular weight is 225 g/mol. The molecule has 88 valence electrons. The van der Waals surface area contributed by atoms with E-state index in [2.05, 4.69) is 10.1 Å². The third-order valence-corrected chi connectivity index (χ3v) is 2.76. The Kier molecular flexibility index (Phi) is 4.01. The molecule has 1 rings (SSSR count). The first kappa shape index (κ1) is 12.6. The number of ether oxygens (including phenoxy) is 1. The van der Waals surface area contributed by atoms with Crippen molar-refractivity contribution in [3.63, 3.8) is 0 Å². The van der Waals surface area contributed by atoms with E-state index < -0.39 is 5.54 Å². The van der Waals surface area contributed by atoms with Gasteiger partial charge in [-0.1, -0.05) is 12.1 Å². The molecule has 0 saturated carbocycles. The van der Waals surface area contributed by atoms with Gasteiger partial charge in [0.2, 0.25) is 0 Å². The lowest BCUT2D eigenvalue weighted by Crippen LogP contribution is -2.39. The number of esters is 1. The topological polar surface area (TPSA) is 38.3 Å². The van der Waals surface area contributed by atoms with Crippen molar-refractivity contribution in [2.45, 2.75) is 18.9 Å². The molecule has 0 aliphatic heterocycles. The summed E-state index contributed by atoms with van der Waals surface area (Å²) in [6, 6.07) is 6.08. The highest BCUT2D eigenvalue weighted by molar-refractivity contribution is 5.71. The number of carbonyl (C=O) groups is 1. The number of hydrogen-bond donors (Lipinski definition) is 1. The van der Waals surface area contributed by atoms with E-state index in [1.54, 1.807) is 19.2 Å². The summed E-state index contributed by atoms with van der Waals surface area (Å²) in [4.78, 5) is 11.3. The number of hydrogen-bond acceptors (Lipinski definition) is 3. The van der Waals surface area contributed by atoms with Gasteiger partial charge < -0.3 is 10.1 Å². The lowest BCUT2D eigenvalue weighted by Gasteiger charge is -2.28. The Bertz CT molecular complexity index is 364. The van der Waals surface area contributed by atoms with Gasteiger partial charge in [0, 0.05) is 0 Å². The molecule has 0 aliphatic rings. The maximum absolute atomic E-state index is 12.8. The summed E-state index contributed by atoms with van der Waals surface area (Å²) in [5, 5.41) is 3.06. The van der Waals surface area contributed by atoms with Gasteiger partial charge in [-0.05, 0) is 31.7 Å². The van der Waals surface area contributed by atoms with E-state index >= 15 is 0 Å². The van der Waals surface area contributed by atoms with Gasteiger partial charge in [0.15, 0.2) is 0 Å². The zero-order valence-corrected chi connectivity index (χ0v) is 9.71. The Morgan fingerprint density at radius 1 is 1.44 bits per heavy atom. The monoisotopic (exact) mass is 225 g/mol. The van der Waals surface area contributed by atoms with Crippen LogP contribution in [0.5, 0.6) is 0 Å². The lowest BCUT2D eigenvalue weighted by atomic mass is 9.89. The number of methoxy groups -OCH3 is 1. The summed E-state index contributed by atoms with van der Waals surface area (Å²) in [5.41, 5.74) is 0.308. The number of benzene rings is 1. The third kappa shape index (κ3) is 2.79. The quantitative estimate of drug-likeness (QED) is 0.794. The second-order valence-corrected chi connectivity index (χ2v) is 3.84. The summed E-state index contributed by atoms with van der Waals surface area (Å²) in [5.74, 6) is -0.596. The van der Waals surface area contributed by atoms with Crippen LogP contribution in [-0.4, -0.2) is 20.1 Å². The summed E-state index contributed by atoms with van der Waals surface area (Å²) in [7, 11) is 3.11. The van der Waals surface area contributed by atoms with E-state index in [4.69, 9.17) is 0 Å². The SMILES string of the molecule is CNC(C)(CC(=O)OC)c1ccc(F)cc1. The fourth-order valence-corrected chi connectivity index (χ4v) is 1.51. The predicted octanol–water partition coefficient (Wildman–Crippen LogP) is 1.82. The van der Waals surface area contributed by atoms with Crippen LogP contribution in [0.3, 0.4) is 0 Å². The number of halogens is 1. The molecule has 0 radical (unpaired) electrons. The number of nitrogens with one attached hydrogen (secondary N) is 1. The molecule has 3 nitrogen and oxygen atoms in total. The highest BCUT2D eigenvalue weighted by Crippen LogP contribution is 2.24. The molecular weight excluding hydrogens is 209 g/mol. The minimum absolute atomic E-state index is 0.200. The van der Waals surface area contributed by atoms with Crippen molar-refractivity contribution < 1.29 is 13.9 Å². The van der Waals surface area contributed by atoms with Gasteiger partial charge in [0.05, 0.1) is 19.1 Å².